The number of carbonyl (C=O) groups is 2. The van der Waals surface area contributed by atoms with Crippen LogP contribution in [0.4, 0.5) is 0 Å². The Morgan fingerprint density at radius 2 is 1.77 bits per heavy atom. The second-order valence-corrected chi connectivity index (χ2v) is 6.02. The number of hydrogen-bond acceptors (Lipinski definition) is 3. The molecular weight excluding hydrogens is 330 g/mol. The fourth-order valence-electron chi connectivity index (χ4n) is 2.83. The van der Waals surface area contributed by atoms with Crippen LogP contribution in [0.1, 0.15) is 22.3 Å². The summed E-state index contributed by atoms with van der Waals surface area (Å²) in [6, 6.07) is 15.2. The van der Waals surface area contributed by atoms with E-state index < -0.39 is 0 Å². The van der Waals surface area contributed by atoms with E-state index in [-0.39, 0.29) is 18.2 Å². The van der Waals surface area contributed by atoms with Crippen molar-refractivity contribution in [2.45, 2.75) is 12.8 Å². The largest absolute Gasteiger partial charge is 0.497 e. The molecule has 0 aliphatic carbocycles. The molecule has 3 rings (SSSR count). The van der Waals surface area contributed by atoms with Crippen molar-refractivity contribution in [1.82, 2.24) is 15.4 Å². The Balaban J connectivity index is 1.54. The van der Waals surface area contributed by atoms with Gasteiger partial charge >= 0.3 is 0 Å². The Labute approximate surface area is 151 Å². The predicted molar refractivity (Wildman–Crippen MR) is 99.8 cm³/mol. The number of rotatable bonds is 5. The third-order valence-electron chi connectivity index (χ3n) is 4.26. The SMILES string of the molecule is COc1ccc(CCC(=O)NNC(=O)c2cn(C)c3ccccc23)cc1. The second kappa shape index (κ2) is 7.74. The van der Waals surface area contributed by atoms with E-state index in [0.717, 1.165) is 22.2 Å². The molecule has 0 bridgehead atoms. The van der Waals surface area contributed by atoms with Gasteiger partial charge in [-0.3, -0.25) is 20.4 Å². The number of amides is 2. The standard InChI is InChI=1S/C20H21N3O3/c1-23-13-17(16-5-3-4-6-18(16)23)20(25)22-21-19(24)12-9-14-7-10-15(26-2)11-8-14/h3-8,10-11,13H,9,12H2,1-2H3,(H,21,24)(H,22,25). The molecule has 1 heterocycles. The van der Waals surface area contributed by atoms with Crippen LogP contribution < -0.4 is 15.6 Å². The molecule has 0 radical (unpaired) electrons. The van der Waals surface area contributed by atoms with Crippen molar-refractivity contribution >= 4 is 22.7 Å². The summed E-state index contributed by atoms with van der Waals surface area (Å²) in [4.78, 5) is 24.4. The van der Waals surface area contributed by atoms with E-state index in [9.17, 15) is 9.59 Å². The molecule has 6 nitrogen and oxygen atoms in total. The fourth-order valence-corrected chi connectivity index (χ4v) is 2.83. The van der Waals surface area contributed by atoms with Crippen LogP contribution in [0.2, 0.25) is 0 Å². The van der Waals surface area contributed by atoms with Crippen molar-refractivity contribution in [3.8, 4) is 5.75 Å². The summed E-state index contributed by atoms with van der Waals surface area (Å²) in [7, 11) is 3.49. The highest BCUT2D eigenvalue weighted by molar-refractivity contribution is 6.07. The maximum absolute atomic E-state index is 12.4. The van der Waals surface area contributed by atoms with Gasteiger partial charge in [0.2, 0.25) is 5.91 Å². The summed E-state index contributed by atoms with van der Waals surface area (Å²) >= 11 is 0. The highest BCUT2D eigenvalue weighted by atomic mass is 16.5. The summed E-state index contributed by atoms with van der Waals surface area (Å²) in [6.45, 7) is 0. The molecule has 0 atom stereocenters. The van der Waals surface area contributed by atoms with E-state index >= 15 is 0 Å². The minimum Gasteiger partial charge on any atom is -0.497 e. The number of methoxy groups -OCH3 is 1. The minimum atomic E-state index is -0.334. The van der Waals surface area contributed by atoms with Gasteiger partial charge in [0, 0.05) is 30.6 Å². The van der Waals surface area contributed by atoms with Crippen molar-refractivity contribution in [1.29, 1.82) is 0 Å². The number of nitrogens with one attached hydrogen (secondary N) is 2. The van der Waals surface area contributed by atoms with E-state index in [1.807, 2.05) is 60.1 Å². The number of nitrogens with zero attached hydrogens (tertiary/aromatic N) is 1. The van der Waals surface area contributed by atoms with Crippen LogP contribution in [0.5, 0.6) is 5.75 Å². The first-order valence-corrected chi connectivity index (χ1v) is 8.34. The Bertz CT molecular complexity index is 929. The lowest BCUT2D eigenvalue weighted by molar-refractivity contribution is -0.121. The molecule has 3 aromatic rings. The van der Waals surface area contributed by atoms with Crippen LogP contribution >= 0.6 is 0 Å². The van der Waals surface area contributed by atoms with E-state index in [1.165, 1.54) is 0 Å². The molecule has 0 aliphatic heterocycles. The fraction of sp³-hybridized carbons (Fsp3) is 0.200. The zero-order chi connectivity index (χ0) is 18.5. The van der Waals surface area contributed by atoms with Gasteiger partial charge in [0.25, 0.3) is 5.91 Å². The normalized spacial score (nSPS) is 10.5. The molecule has 0 spiro atoms. The molecule has 0 aliphatic rings. The summed E-state index contributed by atoms with van der Waals surface area (Å²) in [5.41, 5.74) is 7.48. The number of hydrogen-bond donors (Lipinski definition) is 2. The highest BCUT2D eigenvalue weighted by Gasteiger charge is 2.14. The van der Waals surface area contributed by atoms with E-state index in [1.54, 1.807) is 13.3 Å². The molecule has 26 heavy (non-hydrogen) atoms. The first kappa shape index (κ1) is 17.5. The van der Waals surface area contributed by atoms with Crippen LogP contribution in [-0.2, 0) is 18.3 Å². The number of fused-ring (bicyclic) bond motifs is 1. The minimum absolute atomic E-state index is 0.241. The molecule has 6 heteroatoms. The molecule has 0 fully saturated rings. The Morgan fingerprint density at radius 3 is 2.50 bits per heavy atom. The number of para-hydroxylation sites is 1. The quantitative estimate of drug-likeness (QED) is 0.694. The van der Waals surface area contributed by atoms with Gasteiger partial charge in [0.15, 0.2) is 0 Å². The topological polar surface area (TPSA) is 72.4 Å². The monoisotopic (exact) mass is 351 g/mol. The smallest absolute Gasteiger partial charge is 0.271 e. The van der Waals surface area contributed by atoms with Crippen LogP contribution in [0, 0.1) is 0 Å². The summed E-state index contributed by atoms with van der Waals surface area (Å²) in [6.07, 6.45) is 2.62. The average Bonchev–Trinajstić information content (AvgIpc) is 3.02. The maximum Gasteiger partial charge on any atom is 0.271 e. The first-order valence-electron chi connectivity index (χ1n) is 8.34. The van der Waals surface area contributed by atoms with Gasteiger partial charge < -0.3 is 9.30 Å². The summed E-state index contributed by atoms with van der Waals surface area (Å²) in [5, 5.41) is 0.847. The molecule has 2 amide bonds. The number of hydrazine groups is 1. The van der Waals surface area contributed by atoms with Crippen molar-refractivity contribution in [2.24, 2.45) is 7.05 Å². The molecular formula is C20H21N3O3. The lowest BCUT2D eigenvalue weighted by atomic mass is 10.1. The highest BCUT2D eigenvalue weighted by Crippen LogP contribution is 2.19. The summed E-state index contributed by atoms with van der Waals surface area (Å²) < 4.78 is 6.99. The van der Waals surface area contributed by atoms with E-state index in [4.69, 9.17) is 4.74 Å². The van der Waals surface area contributed by atoms with Crippen LogP contribution in [0.25, 0.3) is 10.9 Å². The number of aryl methyl sites for hydroxylation is 2. The lowest BCUT2D eigenvalue weighted by Gasteiger charge is -2.07. The number of aromatic nitrogens is 1. The third kappa shape index (κ3) is 3.85. The van der Waals surface area contributed by atoms with Crippen molar-refractivity contribution < 1.29 is 14.3 Å². The number of carbonyl (C=O) groups excluding carboxylic acids is 2. The zero-order valence-corrected chi connectivity index (χ0v) is 14.8. The Hall–Kier alpha value is -3.28. The Kier molecular flexibility index (Phi) is 5.22. The van der Waals surface area contributed by atoms with Gasteiger partial charge in [0.1, 0.15) is 5.75 Å². The van der Waals surface area contributed by atoms with Gasteiger partial charge in [-0.2, -0.15) is 0 Å². The zero-order valence-electron chi connectivity index (χ0n) is 14.8. The average molecular weight is 351 g/mol. The molecule has 2 N–H and O–H groups in total. The van der Waals surface area contributed by atoms with Gasteiger partial charge in [0.05, 0.1) is 12.7 Å². The molecule has 2 aromatic carbocycles. The van der Waals surface area contributed by atoms with Gasteiger partial charge in [-0.15, -0.1) is 0 Å². The van der Waals surface area contributed by atoms with Crippen molar-refractivity contribution in [2.75, 3.05) is 7.11 Å². The lowest BCUT2D eigenvalue weighted by Crippen LogP contribution is -2.41. The van der Waals surface area contributed by atoms with Crippen LogP contribution in [-0.4, -0.2) is 23.5 Å². The van der Waals surface area contributed by atoms with Gasteiger partial charge in [-0.25, -0.2) is 0 Å². The van der Waals surface area contributed by atoms with E-state index in [0.29, 0.717) is 12.0 Å². The molecule has 0 saturated heterocycles. The maximum atomic E-state index is 12.4. The third-order valence-corrected chi connectivity index (χ3v) is 4.26. The van der Waals surface area contributed by atoms with Crippen molar-refractivity contribution in [3.63, 3.8) is 0 Å². The van der Waals surface area contributed by atoms with Crippen LogP contribution in [0.15, 0.2) is 54.7 Å². The van der Waals surface area contributed by atoms with Gasteiger partial charge in [-0.1, -0.05) is 30.3 Å². The second-order valence-electron chi connectivity index (χ2n) is 6.02. The predicted octanol–water partition coefficient (Wildman–Crippen LogP) is 2.58. The number of ether oxygens (including phenoxy) is 1. The summed E-state index contributed by atoms with van der Waals surface area (Å²) in [5.74, 6) is 0.203. The Morgan fingerprint density at radius 1 is 1.04 bits per heavy atom. The molecule has 0 saturated carbocycles. The van der Waals surface area contributed by atoms with Gasteiger partial charge in [-0.05, 0) is 30.2 Å². The molecule has 0 unspecified atom stereocenters. The van der Waals surface area contributed by atoms with Crippen molar-refractivity contribution in [3.05, 3.63) is 65.9 Å². The number of benzene rings is 2. The molecule has 1 aromatic heterocycles. The van der Waals surface area contributed by atoms with Crippen LogP contribution in [0.3, 0.4) is 0 Å². The van der Waals surface area contributed by atoms with E-state index in [2.05, 4.69) is 10.9 Å². The molecule has 134 valence electrons. The first-order chi connectivity index (χ1) is 12.6.